The number of carbonyl (C=O) groups is 4. The van der Waals surface area contributed by atoms with Crippen LogP contribution in [-0.4, -0.2) is 63.9 Å². The lowest BCUT2D eigenvalue weighted by molar-refractivity contribution is -0.142. The smallest absolute Gasteiger partial charge is 0.268 e. The molecule has 1 aromatic heterocycles. The summed E-state index contributed by atoms with van der Waals surface area (Å²) in [5.74, 6) is -1.12. The fourth-order valence-corrected chi connectivity index (χ4v) is 5.86. The molecular formula is C27H35ClN4O4. The zero-order valence-corrected chi connectivity index (χ0v) is 22.2. The van der Waals surface area contributed by atoms with Crippen molar-refractivity contribution < 1.29 is 19.2 Å². The number of aromatic nitrogens is 1. The highest BCUT2D eigenvalue weighted by Gasteiger charge is 2.69. The van der Waals surface area contributed by atoms with Gasteiger partial charge in [-0.3, -0.25) is 19.2 Å². The summed E-state index contributed by atoms with van der Waals surface area (Å²) >= 11 is 5.66. The van der Waals surface area contributed by atoms with Gasteiger partial charge >= 0.3 is 0 Å². The van der Waals surface area contributed by atoms with Crippen molar-refractivity contribution in [2.45, 2.75) is 59.2 Å². The summed E-state index contributed by atoms with van der Waals surface area (Å²) < 4.78 is 0. The maximum atomic E-state index is 13.8. The van der Waals surface area contributed by atoms with E-state index >= 15 is 0 Å². The molecule has 2 heterocycles. The molecule has 1 saturated heterocycles. The fourth-order valence-electron chi connectivity index (χ4n) is 5.63. The first-order chi connectivity index (χ1) is 16.9. The highest BCUT2D eigenvalue weighted by Crippen LogP contribution is 2.64. The normalized spacial score (nSPS) is 23.8. The Morgan fingerprint density at radius 1 is 1.14 bits per heavy atom. The van der Waals surface area contributed by atoms with Gasteiger partial charge in [-0.1, -0.05) is 45.9 Å². The number of aromatic amines is 1. The zero-order valence-electron chi connectivity index (χ0n) is 21.4. The average Bonchev–Trinajstić information content (AvgIpc) is 3.22. The zero-order chi connectivity index (χ0) is 26.4. The van der Waals surface area contributed by atoms with Crippen LogP contribution in [0.2, 0.25) is 0 Å². The lowest BCUT2D eigenvalue weighted by Gasteiger charge is -2.34. The third-order valence-electron chi connectivity index (χ3n) is 7.82. The first kappa shape index (κ1) is 26.2. The number of fused-ring (bicyclic) bond motifs is 2. The number of nitrogens with zero attached hydrogens (tertiary/aromatic N) is 1. The van der Waals surface area contributed by atoms with Crippen molar-refractivity contribution in [3.05, 3.63) is 36.0 Å². The van der Waals surface area contributed by atoms with Gasteiger partial charge in [0, 0.05) is 17.4 Å². The Bertz CT molecular complexity index is 1160. The van der Waals surface area contributed by atoms with E-state index in [1.165, 1.54) is 0 Å². The number of carbonyl (C=O) groups excluding carboxylic acids is 4. The van der Waals surface area contributed by atoms with Gasteiger partial charge in [-0.05, 0) is 48.6 Å². The van der Waals surface area contributed by atoms with Gasteiger partial charge in [0.15, 0.2) is 5.78 Å². The number of rotatable bonds is 9. The predicted molar refractivity (Wildman–Crippen MR) is 139 cm³/mol. The average molecular weight is 515 g/mol. The van der Waals surface area contributed by atoms with Crippen LogP contribution in [0, 0.1) is 23.2 Å². The Kier molecular flexibility index (Phi) is 7.19. The van der Waals surface area contributed by atoms with E-state index in [2.05, 4.69) is 29.5 Å². The van der Waals surface area contributed by atoms with Gasteiger partial charge in [0.1, 0.15) is 17.8 Å². The number of benzene rings is 1. The van der Waals surface area contributed by atoms with Crippen LogP contribution >= 0.6 is 11.6 Å². The molecule has 3 amide bonds. The quantitative estimate of drug-likeness (QED) is 0.446. The summed E-state index contributed by atoms with van der Waals surface area (Å²) in [5, 5.41) is 6.58. The van der Waals surface area contributed by atoms with Crippen LogP contribution in [0.4, 0.5) is 0 Å². The molecule has 194 valence electrons. The number of H-pyrrole nitrogens is 1. The minimum Gasteiger partial charge on any atom is -0.351 e. The van der Waals surface area contributed by atoms with E-state index in [1.54, 1.807) is 17.9 Å². The Balaban J connectivity index is 1.54. The van der Waals surface area contributed by atoms with Crippen molar-refractivity contribution >= 4 is 46.0 Å². The van der Waals surface area contributed by atoms with E-state index in [1.807, 2.05) is 38.1 Å². The van der Waals surface area contributed by atoms with Crippen molar-refractivity contribution in [3.8, 4) is 0 Å². The molecule has 9 heteroatoms. The van der Waals surface area contributed by atoms with E-state index in [4.69, 9.17) is 11.6 Å². The van der Waals surface area contributed by atoms with E-state index in [0.29, 0.717) is 18.7 Å². The maximum absolute atomic E-state index is 13.8. The van der Waals surface area contributed by atoms with Gasteiger partial charge in [-0.25, -0.2) is 0 Å². The van der Waals surface area contributed by atoms with Gasteiger partial charge in [-0.15, -0.1) is 11.6 Å². The Morgan fingerprint density at radius 3 is 2.47 bits per heavy atom. The van der Waals surface area contributed by atoms with E-state index in [9.17, 15) is 19.2 Å². The fraction of sp³-hybridized carbons (Fsp3) is 0.556. The third-order valence-corrected chi connectivity index (χ3v) is 8.08. The first-order valence-electron chi connectivity index (χ1n) is 12.5. The van der Waals surface area contributed by atoms with Crippen LogP contribution in [0.3, 0.4) is 0 Å². The first-order valence-corrected chi connectivity index (χ1v) is 13.1. The summed E-state index contributed by atoms with van der Waals surface area (Å²) in [5.41, 5.74) is 1.15. The predicted octanol–water partition coefficient (Wildman–Crippen LogP) is 3.11. The number of ketones is 1. The van der Waals surface area contributed by atoms with Crippen molar-refractivity contribution in [2.75, 3.05) is 12.4 Å². The number of nitrogens with one attached hydrogen (secondary N) is 3. The van der Waals surface area contributed by atoms with Gasteiger partial charge in [0.2, 0.25) is 11.8 Å². The summed E-state index contributed by atoms with van der Waals surface area (Å²) in [4.78, 5) is 56.9. The van der Waals surface area contributed by atoms with E-state index in [0.717, 1.165) is 10.9 Å². The Morgan fingerprint density at radius 2 is 1.83 bits per heavy atom. The van der Waals surface area contributed by atoms with Gasteiger partial charge < -0.3 is 20.5 Å². The molecule has 2 fully saturated rings. The van der Waals surface area contributed by atoms with Gasteiger partial charge in [-0.2, -0.15) is 0 Å². The highest BCUT2D eigenvalue weighted by molar-refractivity contribution is 6.28. The Hall–Kier alpha value is -2.87. The minimum absolute atomic E-state index is 0.00358. The second kappa shape index (κ2) is 9.88. The highest BCUT2D eigenvalue weighted by atomic mass is 35.5. The summed E-state index contributed by atoms with van der Waals surface area (Å²) in [6.07, 6.45) is 0.440. The summed E-state index contributed by atoms with van der Waals surface area (Å²) in [6.45, 7) is 10.2. The van der Waals surface area contributed by atoms with Crippen molar-refractivity contribution in [2.24, 2.45) is 23.2 Å². The molecular weight excluding hydrogens is 480 g/mol. The molecule has 2 aliphatic rings. The van der Waals surface area contributed by atoms with Crippen molar-refractivity contribution in [1.82, 2.24) is 20.5 Å². The largest absolute Gasteiger partial charge is 0.351 e. The molecule has 36 heavy (non-hydrogen) atoms. The molecule has 0 bridgehead atoms. The van der Waals surface area contributed by atoms with Crippen molar-refractivity contribution in [1.29, 1.82) is 0 Å². The van der Waals surface area contributed by atoms with Crippen LogP contribution in [0.1, 0.15) is 51.5 Å². The number of hydrogen-bond donors (Lipinski definition) is 3. The molecule has 4 rings (SSSR count). The van der Waals surface area contributed by atoms with Gasteiger partial charge in [0.25, 0.3) is 5.91 Å². The molecule has 5 atom stereocenters. The molecule has 3 N–H and O–H groups in total. The van der Waals surface area contributed by atoms with E-state index in [-0.39, 0.29) is 52.6 Å². The summed E-state index contributed by atoms with van der Waals surface area (Å²) in [6, 6.07) is 7.15. The number of alkyl halides is 1. The molecule has 2 aromatic rings. The number of likely N-dealkylation sites (tertiary alicyclic amines) is 1. The van der Waals surface area contributed by atoms with Gasteiger partial charge in [0.05, 0.1) is 11.9 Å². The Labute approximate surface area is 216 Å². The second-order valence-electron chi connectivity index (χ2n) is 11.1. The van der Waals surface area contributed by atoms with Crippen molar-refractivity contribution in [3.63, 3.8) is 0 Å². The van der Waals surface area contributed by atoms with E-state index < -0.39 is 18.1 Å². The molecule has 0 unspecified atom stereocenters. The standard InChI is InChI=1S/C27H35ClN4O4/c1-14(2)10-20(31-24(34)19-11-16-8-6-7-9-18(16)30-19)26(36)32-13-17-22(27(17,4)5)23(32)25(35)29-15(3)21(33)12-28/h6-9,11,14-15,17,20,22-23,30H,10,12-13H2,1-5H3,(H,29,35)(H,31,34)/t15-,17-,20-,22-,23-/m0/s1. The number of amides is 3. The van der Waals surface area contributed by atoms with Crippen LogP contribution in [-0.2, 0) is 14.4 Å². The van der Waals surface area contributed by atoms with Crippen LogP contribution in [0.15, 0.2) is 30.3 Å². The summed E-state index contributed by atoms with van der Waals surface area (Å²) in [7, 11) is 0. The van der Waals surface area contributed by atoms with Crippen LogP contribution in [0.25, 0.3) is 10.9 Å². The monoisotopic (exact) mass is 514 g/mol. The molecule has 8 nitrogen and oxygen atoms in total. The lowest BCUT2D eigenvalue weighted by Crippen LogP contribution is -2.57. The van der Waals surface area contributed by atoms with Crippen LogP contribution < -0.4 is 10.6 Å². The van der Waals surface area contributed by atoms with Crippen LogP contribution in [0.5, 0.6) is 0 Å². The minimum atomic E-state index is -0.776. The molecule has 1 aromatic carbocycles. The molecule has 1 aliphatic carbocycles. The molecule has 1 saturated carbocycles. The number of para-hydroxylation sites is 1. The number of Topliss-reactive ketones (excluding diaryl/α,β-unsaturated/α-hetero) is 1. The molecule has 0 spiro atoms. The maximum Gasteiger partial charge on any atom is 0.268 e. The SMILES string of the molecule is CC(C)C[C@H](NC(=O)c1cc2ccccc2[nH]1)C(=O)N1C[C@H]2[C@@H]([C@H]1C(=O)N[C@@H](C)C(=O)CCl)C2(C)C. The topological polar surface area (TPSA) is 111 Å². The molecule has 1 aliphatic heterocycles. The lowest BCUT2D eigenvalue weighted by atomic mass is 9.97. The number of halogens is 1. The second-order valence-corrected chi connectivity index (χ2v) is 11.4. The number of hydrogen-bond acceptors (Lipinski definition) is 4. The number of piperidine rings is 1. The third kappa shape index (κ3) is 4.88. The molecule has 0 radical (unpaired) electrons.